The second-order valence-electron chi connectivity index (χ2n) is 10.7. The molecule has 4 unspecified atom stereocenters. The summed E-state index contributed by atoms with van der Waals surface area (Å²) in [6, 6.07) is 6.35. The topological polar surface area (TPSA) is 105 Å². The molecule has 0 radical (unpaired) electrons. The lowest BCUT2D eigenvalue weighted by Gasteiger charge is -2.20. The summed E-state index contributed by atoms with van der Waals surface area (Å²) in [7, 11) is 1.53. The molecule has 4 atom stereocenters. The van der Waals surface area contributed by atoms with Crippen molar-refractivity contribution < 1.29 is 42.5 Å². The SMILES string of the molecule is C.C.C.C.C.C.C.C.C.C.C.C.C.C.C.C.C.C.C.C.C.C.C.C.C.C.C.C.C.C.C.C.CC=CCC(CC(=O)OC(CC=CCCC)CC(C)=O)OC(=O)CC(C)OC(=O)CC(CCSCc1ccc(F)cc1)OC. The quantitative estimate of drug-likeness (QED) is 0.0458. The van der Waals surface area contributed by atoms with Gasteiger partial charge in [0.1, 0.15) is 29.9 Å². The Balaban J connectivity index is -0.0000000202. The van der Waals surface area contributed by atoms with E-state index in [1.807, 2.05) is 19.1 Å². The van der Waals surface area contributed by atoms with Gasteiger partial charge in [-0.05, 0) is 57.1 Å². The van der Waals surface area contributed by atoms with Crippen LogP contribution in [0.25, 0.3) is 0 Å². The molecule has 0 saturated heterocycles. The number of carbonyl (C=O) groups excluding carboxylic acids is 4. The number of Topliss-reactive ketones (excluding diaryl/α,β-unsaturated/α-hetero) is 1. The van der Waals surface area contributed by atoms with E-state index in [-0.39, 0.29) is 281 Å². The molecule has 0 aromatic heterocycles. The van der Waals surface area contributed by atoms with E-state index in [0.717, 1.165) is 29.9 Å². The van der Waals surface area contributed by atoms with Crippen LogP contribution in [0.15, 0.2) is 48.6 Å². The summed E-state index contributed by atoms with van der Waals surface area (Å²) >= 11 is 1.66. The number of unbranched alkanes of at least 4 members (excludes halogenated alkanes) is 1. The summed E-state index contributed by atoms with van der Waals surface area (Å²) < 4.78 is 35.0. The Bertz CT molecular complexity index is 1060. The monoisotopic (exact) mass is 1150 g/mol. The van der Waals surface area contributed by atoms with Crippen LogP contribution in [0.4, 0.5) is 4.39 Å². The third kappa shape index (κ3) is 119. The fourth-order valence-electron chi connectivity index (χ4n) is 4.16. The number of methoxy groups -OCH3 is 1. The van der Waals surface area contributed by atoms with Crippen molar-refractivity contribution in [1.82, 2.24) is 0 Å². The Kier molecular flexibility index (Phi) is 413. The molecule has 0 aliphatic carbocycles. The first-order valence-corrected chi connectivity index (χ1v) is 16.4. The van der Waals surface area contributed by atoms with E-state index >= 15 is 0 Å². The van der Waals surface area contributed by atoms with Gasteiger partial charge < -0.3 is 18.9 Å². The Morgan fingerprint density at radius 2 is 0.842 bits per heavy atom. The summed E-state index contributed by atoms with van der Waals surface area (Å²) in [6.07, 6.45) is 8.19. The molecular weight excluding hydrogens is 972 g/mol. The zero-order valence-corrected chi connectivity index (χ0v) is 27.6. The highest BCUT2D eigenvalue weighted by atomic mass is 32.2. The second kappa shape index (κ2) is 140. The third-order valence-electron chi connectivity index (χ3n) is 6.44. The van der Waals surface area contributed by atoms with Crippen molar-refractivity contribution in [2.75, 3.05) is 12.9 Å². The Hall–Kier alpha value is -2.98. The maximum atomic E-state index is 13.0. The number of carbonyl (C=O) groups is 4. The molecule has 0 fully saturated rings. The van der Waals surface area contributed by atoms with Gasteiger partial charge in [-0.15, -0.1) is 0 Å². The zero-order valence-electron chi connectivity index (χ0n) is 26.8. The molecule has 0 aliphatic rings. The van der Waals surface area contributed by atoms with Crippen LogP contribution in [0, 0.1) is 5.82 Å². The van der Waals surface area contributed by atoms with Gasteiger partial charge in [-0.2, -0.15) is 11.8 Å². The Morgan fingerprint density at radius 3 is 1.20 bits per heavy atom. The number of hydrogen-bond acceptors (Lipinski definition) is 9. The summed E-state index contributed by atoms with van der Waals surface area (Å²) in [5.74, 6) is -0.522. The molecule has 0 N–H and O–H groups in total. The van der Waals surface area contributed by atoms with Gasteiger partial charge in [0.15, 0.2) is 0 Å². The van der Waals surface area contributed by atoms with Crippen molar-refractivity contribution in [3.05, 3.63) is 60.0 Å². The molecule has 10 heteroatoms. The number of benzene rings is 1. The van der Waals surface area contributed by atoms with Crippen LogP contribution in [-0.4, -0.2) is 61.0 Å². The summed E-state index contributed by atoms with van der Waals surface area (Å²) in [6.45, 7) is 6.94. The number of ketones is 1. The van der Waals surface area contributed by atoms with Crippen LogP contribution >= 0.6 is 11.8 Å². The standard InChI is InChI=1S/C34H49FO8S.32CH4/c1-6-8-10-11-13-30(20-25(3)36)42-34(39)23-31(12-9-7-2)43-32(37)21-26(4)41-33(38)22-29(40-5)18-19-44-24-27-14-16-28(35)17-15-27;;;;;;;;;;;;;;;;;;;;;;;;;;;;;;;;/h7,9-11,14-17,26,29-31H,6,8,12-13,18-24H2,1-5H3;32*1H4. The lowest BCUT2D eigenvalue weighted by molar-refractivity contribution is -0.161. The minimum Gasteiger partial charge on any atom is -0.462 e. The highest BCUT2D eigenvalue weighted by molar-refractivity contribution is 7.98. The summed E-state index contributed by atoms with van der Waals surface area (Å²) in [5.41, 5.74) is 1.02. The van der Waals surface area contributed by atoms with E-state index in [2.05, 4.69) is 6.92 Å². The first-order valence-electron chi connectivity index (χ1n) is 15.2. The molecule has 0 aliphatic heterocycles. The van der Waals surface area contributed by atoms with Crippen molar-refractivity contribution in [2.45, 2.75) is 353 Å². The third-order valence-corrected chi connectivity index (χ3v) is 7.50. The zero-order chi connectivity index (χ0) is 32.7. The molecule has 0 heterocycles. The van der Waals surface area contributed by atoms with Crippen LogP contribution in [-0.2, 0) is 43.9 Å². The minimum atomic E-state index is -0.756. The van der Waals surface area contributed by atoms with Crippen LogP contribution in [0.3, 0.4) is 0 Å². The van der Waals surface area contributed by atoms with E-state index in [9.17, 15) is 23.6 Å². The highest BCUT2D eigenvalue weighted by Gasteiger charge is 2.24. The average molecular weight is 1150 g/mol. The molecular formula is C66H177FO8S. The molecule has 8 nitrogen and oxygen atoms in total. The Labute approximate surface area is 502 Å². The maximum absolute atomic E-state index is 13.0. The number of rotatable bonds is 23. The van der Waals surface area contributed by atoms with Crippen molar-refractivity contribution in [1.29, 1.82) is 0 Å². The number of hydrogen-bond donors (Lipinski definition) is 0. The van der Waals surface area contributed by atoms with Gasteiger partial charge >= 0.3 is 17.9 Å². The lowest BCUT2D eigenvalue weighted by atomic mass is 10.1. The van der Waals surface area contributed by atoms with Gasteiger partial charge in [0, 0.05) is 32.1 Å². The first kappa shape index (κ1) is 225. The van der Waals surface area contributed by atoms with Gasteiger partial charge in [0.2, 0.25) is 0 Å². The molecule has 1 rings (SSSR count). The van der Waals surface area contributed by atoms with Crippen LogP contribution in [0.1, 0.15) is 329 Å². The normalized spacial score (nSPS) is 8.24. The molecule has 0 spiro atoms. The van der Waals surface area contributed by atoms with Gasteiger partial charge in [-0.1, -0.05) is 287 Å². The predicted molar refractivity (Wildman–Crippen MR) is 386 cm³/mol. The Morgan fingerprint density at radius 1 is 0.500 bits per heavy atom. The predicted octanol–water partition coefficient (Wildman–Crippen LogP) is 27.4. The molecule has 0 bridgehead atoms. The van der Waals surface area contributed by atoms with Gasteiger partial charge in [-0.25, -0.2) is 4.39 Å². The summed E-state index contributed by atoms with van der Waals surface area (Å²) in [4.78, 5) is 49.5. The van der Waals surface area contributed by atoms with Gasteiger partial charge in [0.25, 0.3) is 0 Å². The second-order valence-corrected chi connectivity index (χ2v) is 11.8. The first-order chi connectivity index (χ1) is 21.1. The summed E-state index contributed by atoms with van der Waals surface area (Å²) in [5, 5.41) is 0. The van der Waals surface area contributed by atoms with E-state index < -0.39 is 36.2 Å². The molecule has 0 amide bonds. The minimum absolute atomic E-state index is 0. The molecule has 1 aromatic rings. The molecule has 76 heavy (non-hydrogen) atoms. The smallest absolute Gasteiger partial charge is 0.309 e. The van der Waals surface area contributed by atoms with E-state index in [1.165, 1.54) is 26.2 Å². The van der Waals surface area contributed by atoms with Crippen LogP contribution < -0.4 is 0 Å². The number of allylic oxidation sites excluding steroid dienone is 2. The van der Waals surface area contributed by atoms with E-state index in [1.54, 1.807) is 43.0 Å². The highest BCUT2D eigenvalue weighted by Crippen LogP contribution is 2.18. The fraction of sp³-hybridized carbons (Fsp3) is 0.788. The number of ether oxygens (including phenoxy) is 4. The number of halogens is 1. The maximum Gasteiger partial charge on any atom is 0.309 e. The van der Waals surface area contributed by atoms with Gasteiger partial charge in [0.05, 0.1) is 25.4 Å². The molecule has 1 aromatic carbocycles. The van der Waals surface area contributed by atoms with Crippen molar-refractivity contribution in [3.63, 3.8) is 0 Å². The number of esters is 3. The van der Waals surface area contributed by atoms with E-state index in [4.69, 9.17) is 18.9 Å². The lowest BCUT2D eigenvalue weighted by Crippen LogP contribution is -2.28. The molecule has 0 saturated carbocycles. The van der Waals surface area contributed by atoms with Gasteiger partial charge in [-0.3, -0.25) is 19.2 Å². The fourth-order valence-corrected chi connectivity index (χ4v) is 5.17. The van der Waals surface area contributed by atoms with Crippen LogP contribution in [0.2, 0.25) is 0 Å². The average Bonchev–Trinajstić information content (AvgIpc) is 2.95. The molecule has 502 valence electrons. The van der Waals surface area contributed by atoms with Crippen molar-refractivity contribution >= 4 is 35.5 Å². The van der Waals surface area contributed by atoms with E-state index in [0.29, 0.717) is 19.3 Å². The largest absolute Gasteiger partial charge is 0.462 e. The van der Waals surface area contributed by atoms with Crippen LogP contribution in [0.5, 0.6) is 0 Å². The van der Waals surface area contributed by atoms with Crippen molar-refractivity contribution in [3.8, 4) is 0 Å². The van der Waals surface area contributed by atoms with Crippen molar-refractivity contribution in [2.24, 2.45) is 0 Å². The number of thioether (sulfide) groups is 1.